The van der Waals surface area contributed by atoms with E-state index >= 15 is 0 Å². The van der Waals surface area contributed by atoms with Crippen LogP contribution < -0.4 is 10.6 Å². The average Bonchev–Trinajstić information content (AvgIpc) is 3.02. The SMILES string of the molecule is CC(C)(C)OC(=O)Nc1ccc(C=C(C#N)c2ccc(CC(NC(c3ccccc3)c3ccccc3)C(=O)OC(C)(C)C)cc2)cc1. The van der Waals surface area contributed by atoms with Crippen molar-refractivity contribution in [2.24, 2.45) is 0 Å². The zero-order chi connectivity index (χ0) is 34.0. The summed E-state index contributed by atoms with van der Waals surface area (Å²) in [6, 6.07) is 36.4. The Morgan fingerprint density at radius 1 is 0.745 bits per heavy atom. The van der Waals surface area contributed by atoms with Gasteiger partial charge in [-0.25, -0.2) is 4.79 Å². The summed E-state index contributed by atoms with van der Waals surface area (Å²) in [5.41, 5.74) is 4.40. The van der Waals surface area contributed by atoms with E-state index in [9.17, 15) is 14.9 Å². The molecular formula is C40H43N3O4. The van der Waals surface area contributed by atoms with E-state index < -0.39 is 23.3 Å². The number of hydrogen-bond acceptors (Lipinski definition) is 6. The Morgan fingerprint density at radius 2 is 1.28 bits per heavy atom. The van der Waals surface area contributed by atoms with Crippen molar-refractivity contribution in [3.05, 3.63) is 137 Å². The number of nitriles is 1. The van der Waals surface area contributed by atoms with Gasteiger partial charge in [0.05, 0.1) is 17.7 Å². The molecule has 0 heterocycles. The molecular weight excluding hydrogens is 586 g/mol. The van der Waals surface area contributed by atoms with Crippen LogP contribution in [0.1, 0.15) is 75.4 Å². The second-order valence-corrected chi connectivity index (χ2v) is 13.3. The highest BCUT2D eigenvalue weighted by Crippen LogP contribution is 2.25. The summed E-state index contributed by atoms with van der Waals surface area (Å²) < 4.78 is 11.2. The number of nitrogens with zero attached hydrogens (tertiary/aromatic N) is 1. The Kier molecular flexibility index (Phi) is 11.4. The van der Waals surface area contributed by atoms with E-state index in [1.165, 1.54) is 0 Å². The summed E-state index contributed by atoms with van der Waals surface area (Å²) in [5, 5.41) is 16.3. The number of carbonyl (C=O) groups excluding carboxylic acids is 2. The zero-order valence-corrected chi connectivity index (χ0v) is 27.9. The van der Waals surface area contributed by atoms with Gasteiger partial charge in [0, 0.05) is 5.69 Å². The van der Waals surface area contributed by atoms with E-state index in [0.717, 1.165) is 27.8 Å². The molecule has 0 aliphatic heterocycles. The Balaban J connectivity index is 1.53. The monoisotopic (exact) mass is 629 g/mol. The summed E-state index contributed by atoms with van der Waals surface area (Å²) >= 11 is 0. The molecule has 47 heavy (non-hydrogen) atoms. The molecule has 0 saturated heterocycles. The van der Waals surface area contributed by atoms with Crippen molar-refractivity contribution in [3.63, 3.8) is 0 Å². The molecule has 4 rings (SSSR count). The number of amides is 1. The van der Waals surface area contributed by atoms with Gasteiger partial charge in [0.2, 0.25) is 0 Å². The molecule has 4 aromatic carbocycles. The van der Waals surface area contributed by atoms with Crippen molar-refractivity contribution in [2.75, 3.05) is 5.32 Å². The predicted octanol–water partition coefficient (Wildman–Crippen LogP) is 8.73. The van der Waals surface area contributed by atoms with Gasteiger partial charge < -0.3 is 9.47 Å². The number of allylic oxidation sites excluding steroid dienone is 1. The minimum absolute atomic E-state index is 0.229. The lowest BCUT2D eigenvalue weighted by Crippen LogP contribution is -2.44. The third kappa shape index (κ3) is 11.0. The van der Waals surface area contributed by atoms with Crippen LogP contribution in [0.2, 0.25) is 0 Å². The number of hydrogen-bond donors (Lipinski definition) is 2. The van der Waals surface area contributed by atoms with Crippen molar-refractivity contribution < 1.29 is 19.1 Å². The summed E-state index contributed by atoms with van der Waals surface area (Å²) in [5.74, 6) is -0.333. The van der Waals surface area contributed by atoms with Crippen LogP contribution in [0.4, 0.5) is 10.5 Å². The van der Waals surface area contributed by atoms with Gasteiger partial charge in [0.25, 0.3) is 0 Å². The van der Waals surface area contributed by atoms with Gasteiger partial charge in [-0.2, -0.15) is 5.26 Å². The van der Waals surface area contributed by atoms with Crippen LogP contribution in [-0.2, 0) is 20.7 Å². The maximum atomic E-state index is 13.6. The highest BCUT2D eigenvalue weighted by Gasteiger charge is 2.29. The van der Waals surface area contributed by atoms with E-state index in [-0.39, 0.29) is 12.0 Å². The first-order chi connectivity index (χ1) is 22.3. The van der Waals surface area contributed by atoms with Gasteiger partial charge in [-0.05, 0) is 94.0 Å². The molecule has 242 valence electrons. The maximum Gasteiger partial charge on any atom is 0.412 e. The topological polar surface area (TPSA) is 100 Å². The van der Waals surface area contributed by atoms with Crippen LogP contribution >= 0.6 is 0 Å². The van der Waals surface area contributed by atoms with Crippen molar-refractivity contribution >= 4 is 29.4 Å². The molecule has 7 heteroatoms. The number of benzene rings is 4. The lowest BCUT2D eigenvalue weighted by Gasteiger charge is -2.29. The minimum atomic E-state index is -0.646. The first-order valence-corrected chi connectivity index (χ1v) is 15.7. The molecule has 0 aliphatic rings. The van der Waals surface area contributed by atoms with Crippen LogP contribution in [0.25, 0.3) is 11.6 Å². The van der Waals surface area contributed by atoms with E-state index in [2.05, 4.69) is 16.7 Å². The first kappa shape index (κ1) is 34.7. The molecule has 0 saturated carbocycles. The van der Waals surface area contributed by atoms with Crippen molar-refractivity contribution in [3.8, 4) is 6.07 Å². The molecule has 1 atom stereocenters. The van der Waals surface area contributed by atoms with E-state index in [1.54, 1.807) is 39.0 Å². The quantitative estimate of drug-likeness (QED) is 0.103. The van der Waals surface area contributed by atoms with Crippen LogP contribution in [0, 0.1) is 11.3 Å². The van der Waals surface area contributed by atoms with Gasteiger partial charge in [-0.3, -0.25) is 15.4 Å². The molecule has 2 N–H and O–H groups in total. The molecule has 0 aromatic heterocycles. The van der Waals surface area contributed by atoms with Crippen molar-refractivity contribution in [1.82, 2.24) is 5.32 Å². The van der Waals surface area contributed by atoms with E-state index in [0.29, 0.717) is 17.7 Å². The van der Waals surface area contributed by atoms with E-state index in [4.69, 9.17) is 9.47 Å². The molecule has 0 bridgehead atoms. The Bertz CT molecular complexity index is 1660. The van der Waals surface area contributed by atoms with Gasteiger partial charge in [0.15, 0.2) is 0 Å². The average molecular weight is 630 g/mol. The maximum absolute atomic E-state index is 13.6. The standard InChI is InChI=1S/C40H43N3O4/c1-39(2,3)46-37(44)35(43-36(31-13-9-7-10-14-31)32-15-11-8-12-16-32)26-29-17-21-30(22-18-29)33(27-41)25-28-19-23-34(24-20-28)42-38(45)47-40(4,5)6/h7-25,35-36,43H,26H2,1-6H3,(H,42,45). The molecule has 7 nitrogen and oxygen atoms in total. The summed E-state index contributed by atoms with van der Waals surface area (Å²) in [4.78, 5) is 25.6. The van der Waals surface area contributed by atoms with Crippen LogP contribution in [0.5, 0.6) is 0 Å². The third-order valence-electron chi connectivity index (χ3n) is 7.02. The smallest absolute Gasteiger partial charge is 0.412 e. The molecule has 4 aromatic rings. The predicted molar refractivity (Wildman–Crippen MR) is 187 cm³/mol. The fourth-order valence-electron chi connectivity index (χ4n) is 4.95. The first-order valence-electron chi connectivity index (χ1n) is 15.7. The number of nitrogens with one attached hydrogen (secondary N) is 2. The highest BCUT2D eigenvalue weighted by molar-refractivity contribution is 5.90. The number of ether oxygens (including phenoxy) is 2. The number of rotatable bonds is 10. The number of anilines is 1. The van der Waals surface area contributed by atoms with Gasteiger partial charge >= 0.3 is 12.1 Å². The molecule has 1 amide bonds. The lowest BCUT2D eigenvalue weighted by molar-refractivity contribution is -0.157. The third-order valence-corrected chi connectivity index (χ3v) is 7.02. The van der Waals surface area contributed by atoms with Crippen molar-refractivity contribution in [1.29, 1.82) is 5.26 Å². The fourth-order valence-corrected chi connectivity index (χ4v) is 4.95. The molecule has 0 fully saturated rings. The lowest BCUT2D eigenvalue weighted by atomic mass is 9.95. The summed E-state index contributed by atoms with van der Waals surface area (Å²) in [6.45, 7) is 11.0. The zero-order valence-electron chi connectivity index (χ0n) is 27.9. The second-order valence-electron chi connectivity index (χ2n) is 13.3. The van der Waals surface area contributed by atoms with Crippen LogP contribution in [-0.4, -0.2) is 29.3 Å². The molecule has 0 radical (unpaired) electrons. The molecule has 0 spiro atoms. The van der Waals surface area contributed by atoms with Gasteiger partial charge in [-0.1, -0.05) is 97.1 Å². The molecule has 0 aliphatic carbocycles. The highest BCUT2D eigenvalue weighted by atomic mass is 16.6. The number of carbonyl (C=O) groups is 2. The second kappa shape index (κ2) is 15.4. The van der Waals surface area contributed by atoms with Crippen LogP contribution in [0.15, 0.2) is 109 Å². The normalized spacial score (nSPS) is 12.6. The van der Waals surface area contributed by atoms with E-state index in [1.807, 2.05) is 118 Å². The Morgan fingerprint density at radius 3 is 1.77 bits per heavy atom. The fraction of sp³-hybridized carbons (Fsp3) is 0.275. The summed E-state index contributed by atoms with van der Waals surface area (Å²) in [6.07, 6.45) is 1.66. The minimum Gasteiger partial charge on any atom is -0.459 e. The number of esters is 1. The largest absolute Gasteiger partial charge is 0.459 e. The van der Waals surface area contributed by atoms with Crippen molar-refractivity contribution in [2.45, 2.75) is 71.2 Å². The molecule has 1 unspecified atom stereocenters. The van der Waals surface area contributed by atoms with Crippen LogP contribution in [0.3, 0.4) is 0 Å². The Labute approximate surface area is 278 Å². The Hall–Kier alpha value is -5.19. The van der Waals surface area contributed by atoms with Gasteiger partial charge in [0.1, 0.15) is 17.2 Å². The summed E-state index contributed by atoms with van der Waals surface area (Å²) in [7, 11) is 0. The van der Waals surface area contributed by atoms with Gasteiger partial charge in [-0.15, -0.1) is 0 Å².